The number of hydrogen-bond acceptors (Lipinski definition) is 7. The fourth-order valence-electron chi connectivity index (χ4n) is 14.0. The molecule has 0 aromatic heterocycles. The van der Waals surface area contributed by atoms with E-state index in [1.807, 2.05) is 65.8 Å². The Labute approximate surface area is 664 Å². The molecule has 8 aromatic carbocycles. The van der Waals surface area contributed by atoms with Gasteiger partial charge in [0.2, 0.25) is 34.6 Å². The molecule has 0 saturated carbocycles. The maximum absolute atomic E-state index is 14.1. The molecular weight excluding hydrogens is 1420 g/mol. The van der Waals surface area contributed by atoms with Crippen molar-refractivity contribution in [3.63, 3.8) is 0 Å². The molecule has 0 amide bonds. The molecule has 0 aliphatic carbocycles. The van der Waals surface area contributed by atoms with Gasteiger partial charge in [-0.2, -0.15) is 18.3 Å². The average Bonchev–Trinajstić information content (AvgIpc) is 1.55. The zero-order valence-electron chi connectivity index (χ0n) is 72.8. The summed E-state index contributed by atoms with van der Waals surface area (Å²) in [6.07, 6.45) is 7.46. The standard InChI is InChI=1S/C25H34NO4.C25H34NO.C24H32NO.C22H23F5NO/c1-24(2,3)17-12-18(25(4,5)6)22-19(13-17)26(15-30-22)14-16-10-20(27-7)23(29-9)21(11-16)28-8;1-16-10-17(2)20(18(3)11-16)14-26-15-27-23-21(25(7,8)9)12-19(13-22(23)26)24(4,5)6;1-16-9-10-17(2)18(11-16)14-25-15-26-22-20(24(6,7)8)12-19(13-21(22)25)23(3,4)5;1-21(2,3)11-7-13(22(4,5)6)20-14(8-11)28(10-29-20)9-12-15(23)17(25)19(27)18(26)16(12)24/h10-14H,15H2,1-9H3;10-14H,15H2,1-9H3;9-14H,15H2,1-8H3;7-9H,10H2,1-6H3/q4*+1/b2*26-14-;25-14-;28-9-. The number of methoxy groups -OCH3 is 3. The molecule has 0 bridgehead atoms. The molecule has 11 nitrogen and oxygen atoms in total. The molecule has 0 radical (unpaired) electrons. The summed E-state index contributed by atoms with van der Waals surface area (Å²) in [6, 6.07) is 32.7. The Bertz CT molecular complexity index is 5000. The molecule has 0 unspecified atom stereocenters. The third-order valence-corrected chi connectivity index (χ3v) is 20.9. The zero-order chi connectivity index (χ0) is 83.6. The summed E-state index contributed by atoms with van der Waals surface area (Å²) in [7, 11) is 4.86. The number of hydrogen-bond donors (Lipinski definition) is 0. The first kappa shape index (κ1) is 86.7. The minimum atomic E-state index is -2.18. The van der Waals surface area contributed by atoms with Gasteiger partial charge in [-0.15, -0.1) is 0 Å². The molecule has 0 spiro atoms. The zero-order valence-corrected chi connectivity index (χ0v) is 72.8. The molecule has 0 fully saturated rings. The Morgan fingerprint density at radius 3 is 0.893 bits per heavy atom. The van der Waals surface area contributed by atoms with Gasteiger partial charge in [0.25, 0.3) is 49.7 Å². The van der Waals surface area contributed by atoms with Gasteiger partial charge in [0, 0.05) is 63.2 Å². The van der Waals surface area contributed by atoms with Gasteiger partial charge in [0.15, 0.2) is 59.6 Å². The van der Waals surface area contributed by atoms with Gasteiger partial charge in [0.1, 0.15) is 5.56 Å². The Morgan fingerprint density at radius 2 is 0.598 bits per heavy atom. The quantitative estimate of drug-likeness (QED) is 0.0681. The number of halogens is 5. The number of rotatable bonds is 7. The lowest BCUT2D eigenvalue weighted by Gasteiger charge is -2.25. The van der Waals surface area contributed by atoms with Crippen LogP contribution in [0.1, 0.15) is 261 Å². The predicted molar refractivity (Wildman–Crippen MR) is 447 cm³/mol. The SMILES string of the molecule is CC(C)(C)c1cc2c(c(C(C)(C)C)c1)OC/[N+]2=C/c1c(F)c(F)c(F)c(F)c1F.COc1cc(/C=[N+]2/COc3c2cc(C(C)(C)C)cc3C(C)(C)C)cc(OC)c1OC.Cc1cc(C)c(/C=[N+]2/COc3c2cc(C(C)(C)C)cc3C(C)(C)C)c(C)c1.Cc1ccc(C)c(/C=[N+]2/COc3c2cc(C(C)(C)C)cc3C(C)(C)C)c1. The van der Waals surface area contributed by atoms with Gasteiger partial charge < -0.3 is 33.2 Å². The van der Waals surface area contributed by atoms with Crippen LogP contribution in [0.25, 0.3) is 0 Å². The highest BCUT2D eigenvalue weighted by molar-refractivity contribution is 5.84. The fraction of sp³-hybridized carbons (Fsp3) is 0.458. The van der Waals surface area contributed by atoms with Gasteiger partial charge in [-0.05, 0) is 135 Å². The lowest BCUT2D eigenvalue weighted by molar-refractivity contribution is -0.453. The van der Waals surface area contributed by atoms with E-state index in [1.165, 1.54) is 88.3 Å². The second-order valence-corrected chi connectivity index (χ2v) is 38.6. The lowest BCUT2D eigenvalue weighted by Crippen LogP contribution is -2.17. The minimum Gasteiger partial charge on any atom is -0.493 e. The maximum Gasteiger partial charge on any atom is 0.293 e. The van der Waals surface area contributed by atoms with Crippen molar-refractivity contribution >= 4 is 47.6 Å². The summed E-state index contributed by atoms with van der Waals surface area (Å²) in [5.74, 6) is -4.49. The van der Waals surface area contributed by atoms with E-state index < -0.39 is 34.6 Å². The second kappa shape index (κ2) is 31.9. The highest BCUT2D eigenvalue weighted by atomic mass is 19.2. The number of nitrogens with zero attached hydrogens (tertiary/aromatic N) is 4. The first-order valence-corrected chi connectivity index (χ1v) is 38.8. The summed E-state index contributed by atoms with van der Waals surface area (Å²) in [4.78, 5) is 0. The van der Waals surface area contributed by atoms with Crippen molar-refractivity contribution in [1.29, 1.82) is 0 Å². The molecule has 16 heteroatoms. The second-order valence-electron chi connectivity index (χ2n) is 38.6. The molecular formula is C96H123F5N4O7+4. The van der Waals surface area contributed by atoms with Crippen LogP contribution in [0.5, 0.6) is 40.2 Å². The summed E-state index contributed by atoms with van der Waals surface area (Å²) in [5.41, 5.74) is 22.4. The molecule has 4 heterocycles. The van der Waals surface area contributed by atoms with E-state index in [9.17, 15) is 22.0 Å². The number of benzene rings is 8. The van der Waals surface area contributed by atoms with E-state index in [2.05, 4.69) is 258 Å². The van der Waals surface area contributed by atoms with E-state index >= 15 is 0 Å². The van der Waals surface area contributed by atoms with E-state index in [4.69, 9.17) is 33.2 Å². The van der Waals surface area contributed by atoms with Crippen molar-refractivity contribution < 1.29 is 73.4 Å². The highest BCUT2D eigenvalue weighted by Crippen LogP contribution is 2.50. The van der Waals surface area contributed by atoms with E-state index in [1.54, 1.807) is 21.3 Å². The monoisotopic (exact) mass is 1540 g/mol. The van der Waals surface area contributed by atoms with Crippen LogP contribution in [-0.4, -0.2) is 91.4 Å². The third kappa shape index (κ3) is 19.0. The van der Waals surface area contributed by atoms with E-state index in [-0.39, 0.29) is 50.1 Å². The first-order valence-electron chi connectivity index (χ1n) is 38.8. The first-order chi connectivity index (χ1) is 51.6. The summed E-state index contributed by atoms with van der Waals surface area (Å²) in [5, 5.41) is 0. The Balaban J connectivity index is 0.000000172. The van der Waals surface area contributed by atoms with Crippen LogP contribution in [0.3, 0.4) is 0 Å². The summed E-state index contributed by atoms with van der Waals surface area (Å²) < 4.78 is 118. The van der Waals surface area contributed by atoms with E-state index in [0.717, 1.165) is 45.8 Å². The molecule has 600 valence electrons. The van der Waals surface area contributed by atoms with Crippen LogP contribution in [-0.2, 0) is 43.3 Å². The van der Waals surface area contributed by atoms with Crippen molar-refractivity contribution in [2.45, 2.75) is 244 Å². The van der Waals surface area contributed by atoms with Crippen LogP contribution in [0.2, 0.25) is 0 Å². The lowest BCUT2D eigenvalue weighted by atomic mass is 9.79. The van der Waals surface area contributed by atoms with Gasteiger partial charge in [-0.1, -0.05) is 226 Å². The van der Waals surface area contributed by atoms with Crippen LogP contribution in [0.4, 0.5) is 44.7 Å². The number of aryl methyl sites for hydroxylation is 5. The largest absolute Gasteiger partial charge is 0.493 e. The third-order valence-electron chi connectivity index (χ3n) is 20.9. The van der Waals surface area contributed by atoms with E-state index in [0.29, 0.717) is 48.9 Å². The van der Waals surface area contributed by atoms with Gasteiger partial charge >= 0.3 is 0 Å². The summed E-state index contributed by atoms with van der Waals surface area (Å²) in [6.45, 7) is 65.0. The minimum absolute atomic E-state index is 0.0199. The van der Waals surface area contributed by atoms with Crippen molar-refractivity contribution in [1.82, 2.24) is 0 Å². The molecule has 0 atom stereocenters. The van der Waals surface area contributed by atoms with Gasteiger partial charge in [0.05, 0.1) is 21.3 Å². The van der Waals surface area contributed by atoms with Gasteiger partial charge in [-0.3, -0.25) is 0 Å². The molecule has 4 aliphatic rings. The summed E-state index contributed by atoms with van der Waals surface area (Å²) >= 11 is 0. The molecule has 0 saturated heterocycles. The molecule has 0 N–H and O–H groups in total. The smallest absolute Gasteiger partial charge is 0.293 e. The van der Waals surface area contributed by atoms with Crippen molar-refractivity contribution in [3.05, 3.63) is 215 Å². The van der Waals surface area contributed by atoms with Crippen LogP contribution < -0.4 is 33.2 Å². The van der Waals surface area contributed by atoms with Crippen LogP contribution in [0, 0.1) is 63.7 Å². The molecule has 12 rings (SSSR count). The molecule has 112 heavy (non-hydrogen) atoms. The van der Waals surface area contributed by atoms with Crippen LogP contribution in [0.15, 0.2) is 91.0 Å². The molecule has 8 aromatic rings. The Morgan fingerprint density at radius 1 is 0.304 bits per heavy atom. The van der Waals surface area contributed by atoms with Crippen LogP contribution >= 0.6 is 0 Å². The number of ether oxygens (including phenoxy) is 7. The maximum atomic E-state index is 14.1. The van der Waals surface area contributed by atoms with Gasteiger partial charge in [-0.25, -0.2) is 22.0 Å². The Hall–Kier alpha value is -9.31. The Kier molecular flexibility index (Phi) is 24.7. The predicted octanol–water partition coefficient (Wildman–Crippen LogP) is 23.8. The number of fused-ring (bicyclic) bond motifs is 4. The fourth-order valence-corrected chi connectivity index (χ4v) is 14.0. The van der Waals surface area contributed by atoms with Crippen molar-refractivity contribution in [3.8, 4) is 40.2 Å². The topological polar surface area (TPSA) is 76.7 Å². The van der Waals surface area contributed by atoms with Crippen molar-refractivity contribution in [2.24, 2.45) is 0 Å². The molecule has 4 aliphatic heterocycles. The van der Waals surface area contributed by atoms with Crippen molar-refractivity contribution in [2.75, 3.05) is 48.3 Å². The normalized spacial score (nSPS) is 15.6. The average molecular weight is 1540 g/mol. The highest BCUT2D eigenvalue weighted by Gasteiger charge is 2.41.